The van der Waals surface area contributed by atoms with Gasteiger partial charge in [-0.05, 0) is 6.92 Å². The number of rotatable bonds is 7. The molecule has 104 valence electrons. The lowest BCUT2D eigenvalue weighted by Gasteiger charge is -2.08. The normalized spacial score (nSPS) is 10.0. The van der Waals surface area contributed by atoms with Crippen LogP contribution in [0.25, 0.3) is 0 Å². The van der Waals surface area contributed by atoms with Crippen LogP contribution in [-0.4, -0.2) is 42.6 Å². The zero-order valence-corrected chi connectivity index (χ0v) is 10.8. The highest BCUT2D eigenvalue weighted by Gasteiger charge is 2.17. The highest BCUT2D eigenvalue weighted by atomic mass is 16.6. The van der Waals surface area contributed by atoms with Crippen molar-refractivity contribution < 1.29 is 14.5 Å². The fraction of sp³-hybridized carbons (Fsp3) is 0.455. The molecule has 0 aliphatic rings. The van der Waals surface area contributed by atoms with Crippen LogP contribution in [0.2, 0.25) is 0 Å². The van der Waals surface area contributed by atoms with E-state index in [2.05, 4.69) is 15.6 Å². The van der Waals surface area contributed by atoms with Crippen molar-refractivity contribution in [2.75, 3.05) is 32.1 Å². The van der Waals surface area contributed by atoms with Crippen LogP contribution in [0.3, 0.4) is 0 Å². The Labute approximate surface area is 110 Å². The van der Waals surface area contributed by atoms with Gasteiger partial charge in [-0.3, -0.25) is 14.9 Å². The molecule has 1 amide bonds. The third kappa shape index (κ3) is 4.18. The summed E-state index contributed by atoms with van der Waals surface area (Å²) in [6, 6.07) is 1.19. The molecule has 1 heterocycles. The summed E-state index contributed by atoms with van der Waals surface area (Å²) in [5.74, 6) is -0.139. The van der Waals surface area contributed by atoms with Gasteiger partial charge in [0.1, 0.15) is 12.0 Å². The number of anilines is 1. The third-order valence-electron chi connectivity index (χ3n) is 2.30. The zero-order chi connectivity index (χ0) is 14.3. The Morgan fingerprint density at radius 2 is 2.32 bits per heavy atom. The van der Waals surface area contributed by atoms with Crippen LogP contribution in [0.1, 0.15) is 17.3 Å². The first-order chi connectivity index (χ1) is 9.10. The van der Waals surface area contributed by atoms with Crippen LogP contribution < -0.4 is 10.6 Å². The van der Waals surface area contributed by atoms with E-state index in [1.165, 1.54) is 6.07 Å². The van der Waals surface area contributed by atoms with E-state index in [0.717, 1.165) is 6.20 Å². The summed E-state index contributed by atoms with van der Waals surface area (Å²) in [5.41, 5.74) is -0.0952. The minimum Gasteiger partial charge on any atom is -0.380 e. The average molecular weight is 268 g/mol. The molecule has 0 radical (unpaired) electrons. The Hall–Kier alpha value is -2.22. The van der Waals surface area contributed by atoms with E-state index in [0.29, 0.717) is 25.6 Å². The Morgan fingerprint density at radius 1 is 1.58 bits per heavy atom. The highest BCUT2D eigenvalue weighted by Crippen LogP contribution is 2.18. The molecule has 0 saturated heterocycles. The third-order valence-corrected chi connectivity index (χ3v) is 2.30. The van der Waals surface area contributed by atoms with Crippen molar-refractivity contribution in [2.24, 2.45) is 0 Å². The lowest BCUT2D eigenvalue weighted by molar-refractivity contribution is -0.385. The molecule has 0 saturated carbocycles. The van der Waals surface area contributed by atoms with Crippen LogP contribution in [0.5, 0.6) is 0 Å². The van der Waals surface area contributed by atoms with E-state index in [9.17, 15) is 14.9 Å². The number of nitro groups is 1. The average Bonchev–Trinajstić information content (AvgIpc) is 2.42. The summed E-state index contributed by atoms with van der Waals surface area (Å²) < 4.78 is 5.08. The number of amides is 1. The van der Waals surface area contributed by atoms with Crippen LogP contribution in [0.4, 0.5) is 11.5 Å². The molecule has 19 heavy (non-hydrogen) atoms. The maximum atomic E-state index is 11.9. The number of carbonyl (C=O) groups excluding carboxylic acids is 1. The first-order valence-electron chi connectivity index (χ1n) is 5.78. The van der Waals surface area contributed by atoms with E-state index >= 15 is 0 Å². The van der Waals surface area contributed by atoms with Gasteiger partial charge >= 0.3 is 0 Å². The van der Waals surface area contributed by atoms with Crippen molar-refractivity contribution >= 4 is 17.4 Å². The first kappa shape index (κ1) is 14.8. The molecule has 1 aromatic rings. The van der Waals surface area contributed by atoms with Gasteiger partial charge in [0, 0.05) is 26.3 Å². The van der Waals surface area contributed by atoms with Gasteiger partial charge in [-0.15, -0.1) is 0 Å². The SMILES string of the molecule is CCOCCNC(=O)c1cc([N+](=O)[O-])cnc1NC. The van der Waals surface area contributed by atoms with Gasteiger partial charge in [-0.2, -0.15) is 0 Å². The maximum Gasteiger partial charge on any atom is 0.288 e. The number of hydrogen-bond acceptors (Lipinski definition) is 6. The van der Waals surface area contributed by atoms with Gasteiger partial charge in [0.05, 0.1) is 17.1 Å². The predicted octanol–water partition coefficient (Wildman–Crippen LogP) is 0.798. The van der Waals surface area contributed by atoms with Crippen LogP contribution in [-0.2, 0) is 4.74 Å². The van der Waals surface area contributed by atoms with Crippen molar-refractivity contribution in [3.05, 3.63) is 27.9 Å². The Morgan fingerprint density at radius 3 is 2.89 bits per heavy atom. The van der Waals surface area contributed by atoms with Gasteiger partial charge in [-0.25, -0.2) is 4.98 Å². The molecule has 0 unspecified atom stereocenters. The van der Waals surface area contributed by atoms with Crippen molar-refractivity contribution in [2.45, 2.75) is 6.92 Å². The molecule has 1 aromatic heterocycles. The molecular formula is C11H16N4O4. The fourth-order valence-electron chi connectivity index (χ4n) is 1.40. The van der Waals surface area contributed by atoms with Gasteiger partial charge in [0.2, 0.25) is 0 Å². The van der Waals surface area contributed by atoms with E-state index in [-0.39, 0.29) is 11.3 Å². The van der Waals surface area contributed by atoms with Crippen LogP contribution in [0, 0.1) is 10.1 Å². The first-order valence-corrected chi connectivity index (χ1v) is 5.78. The molecule has 0 aliphatic carbocycles. The minimum absolute atomic E-state index is 0.133. The number of ether oxygens (including phenoxy) is 1. The van der Waals surface area contributed by atoms with Gasteiger partial charge in [-0.1, -0.05) is 0 Å². The van der Waals surface area contributed by atoms with Crippen molar-refractivity contribution in [1.29, 1.82) is 0 Å². The topological polar surface area (TPSA) is 106 Å². The molecule has 8 heteroatoms. The summed E-state index contributed by atoms with van der Waals surface area (Å²) in [7, 11) is 1.59. The number of nitrogens with one attached hydrogen (secondary N) is 2. The lowest BCUT2D eigenvalue weighted by atomic mass is 10.2. The van der Waals surface area contributed by atoms with Crippen molar-refractivity contribution in [3.63, 3.8) is 0 Å². The summed E-state index contributed by atoms with van der Waals surface area (Å²) >= 11 is 0. The van der Waals surface area contributed by atoms with Crippen molar-refractivity contribution in [3.8, 4) is 0 Å². The van der Waals surface area contributed by atoms with E-state index in [4.69, 9.17) is 4.74 Å². The minimum atomic E-state index is -0.594. The number of nitrogens with zero attached hydrogens (tertiary/aromatic N) is 2. The monoisotopic (exact) mass is 268 g/mol. The second kappa shape index (κ2) is 7.27. The van der Waals surface area contributed by atoms with Gasteiger partial charge in [0.15, 0.2) is 0 Å². The van der Waals surface area contributed by atoms with Gasteiger partial charge in [0.25, 0.3) is 11.6 Å². The highest BCUT2D eigenvalue weighted by molar-refractivity contribution is 5.99. The Bertz CT molecular complexity index is 464. The quantitative estimate of drug-likeness (QED) is 0.430. The standard InChI is InChI=1S/C11H16N4O4/c1-3-19-5-4-13-11(16)9-6-8(15(17)18)7-14-10(9)12-2/h6-7H,3-5H2,1-2H3,(H,12,14)(H,13,16). The summed E-state index contributed by atoms with van der Waals surface area (Å²) in [5, 5.41) is 16.0. The Kier molecular flexibility index (Phi) is 5.68. The molecule has 0 spiro atoms. The summed E-state index contributed by atoms with van der Waals surface area (Å²) in [4.78, 5) is 25.8. The lowest BCUT2D eigenvalue weighted by Crippen LogP contribution is -2.28. The fourth-order valence-corrected chi connectivity index (χ4v) is 1.40. The summed E-state index contributed by atoms with van der Waals surface area (Å²) in [6.07, 6.45) is 1.10. The van der Waals surface area contributed by atoms with Gasteiger partial charge < -0.3 is 15.4 Å². The second-order valence-corrected chi connectivity index (χ2v) is 3.55. The summed E-state index contributed by atoms with van der Waals surface area (Å²) in [6.45, 7) is 3.14. The van der Waals surface area contributed by atoms with Crippen LogP contribution >= 0.6 is 0 Å². The smallest absolute Gasteiger partial charge is 0.288 e. The molecule has 0 bridgehead atoms. The molecule has 1 rings (SSSR count). The van der Waals surface area contributed by atoms with E-state index < -0.39 is 10.8 Å². The second-order valence-electron chi connectivity index (χ2n) is 3.55. The van der Waals surface area contributed by atoms with E-state index in [1.807, 2.05) is 6.92 Å². The maximum absolute atomic E-state index is 11.9. The number of hydrogen-bond donors (Lipinski definition) is 2. The zero-order valence-electron chi connectivity index (χ0n) is 10.8. The molecule has 2 N–H and O–H groups in total. The molecule has 0 atom stereocenters. The van der Waals surface area contributed by atoms with E-state index in [1.54, 1.807) is 7.05 Å². The molecule has 0 fully saturated rings. The van der Waals surface area contributed by atoms with Crippen molar-refractivity contribution in [1.82, 2.24) is 10.3 Å². The largest absolute Gasteiger partial charge is 0.380 e. The molecule has 0 aliphatic heterocycles. The molecule has 0 aromatic carbocycles. The predicted molar refractivity (Wildman–Crippen MR) is 69.3 cm³/mol. The molecular weight excluding hydrogens is 252 g/mol. The Balaban J connectivity index is 2.81. The molecule has 8 nitrogen and oxygen atoms in total. The number of pyridine rings is 1. The van der Waals surface area contributed by atoms with Crippen LogP contribution in [0.15, 0.2) is 12.3 Å². The number of carbonyl (C=O) groups is 1. The number of aromatic nitrogens is 1.